The van der Waals surface area contributed by atoms with Crippen molar-refractivity contribution in [2.45, 2.75) is 20.0 Å². The molecule has 0 unspecified atom stereocenters. The molecule has 0 radical (unpaired) electrons. The maximum absolute atomic E-state index is 12.9. The van der Waals surface area contributed by atoms with Gasteiger partial charge in [-0.05, 0) is 49.2 Å². The maximum Gasteiger partial charge on any atom is 0.137 e. The normalized spacial score (nSPS) is 12.8. The minimum atomic E-state index is -0.839. The Labute approximate surface area is 93.3 Å². The summed E-state index contributed by atoms with van der Waals surface area (Å²) in [5.74, 6) is 0.921. The van der Waals surface area contributed by atoms with Crippen LogP contribution < -0.4 is 0 Å². The molecule has 3 heteroatoms. The standard InChI is InChI=1S/C13H13FO2/c1-8-7-10(14)4-5-11(8)13(15)12-6-3-9(2)16-12/h3-7,13,15H,1-2H3/t13-/m1/s1. The van der Waals surface area contributed by atoms with Crippen LogP contribution in [0.4, 0.5) is 4.39 Å². The second kappa shape index (κ2) is 4.10. The molecular weight excluding hydrogens is 207 g/mol. The summed E-state index contributed by atoms with van der Waals surface area (Å²) in [6, 6.07) is 7.82. The first-order valence-corrected chi connectivity index (χ1v) is 5.08. The third-order valence-corrected chi connectivity index (χ3v) is 2.56. The maximum atomic E-state index is 12.9. The van der Waals surface area contributed by atoms with E-state index in [2.05, 4.69) is 0 Å². The summed E-state index contributed by atoms with van der Waals surface area (Å²) in [5, 5.41) is 10.1. The zero-order valence-corrected chi connectivity index (χ0v) is 9.20. The summed E-state index contributed by atoms with van der Waals surface area (Å²) in [6.07, 6.45) is -0.839. The Morgan fingerprint density at radius 1 is 1.19 bits per heavy atom. The Hall–Kier alpha value is -1.61. The molecule has 0 spiro atoms. The number of rotatable bonds is 2. The number of hydrogen-bond donors (Lipinski definition) is 1. The second-order valence-electron chi connectivity index (χ2n) is 3.85. The van der Waals surface area contributed by atoms with E-state index in [9.17, 15) is 9.50 Å². The average molecular weight is 220 g/mol. The van der Waals surface area contributed by atoms with Crippen LogP contribution in [0.2, 0.25) is 0 Å². The lowest BCUT2D eigenvalue weighted by atomic mass is 10.0. The first-order chi connectivity index (χ1) is 7.58. The van der Waals surface area contributed by atoms with Gasteiger partial charge in [-0.2, -0.15) is 0 Å². The Balaban J connectivity index is 2.37. The number of aliphatic hydroxyl groups excluding tert-OH is 1. The van der Waals surface area contributed by atoms with Gasteiger partial charge in [-0.15, -0.1) is 0 Å². The number of halogens is 1. The predicted octanol–water partition coefficient (Wildman–Crippen LogP) is 3.12. The fourth-order valence-corrected chi connectivity index (χ4v) is 1.70. The molecule has 0 bridgehead atoms. The van der Waals surface area contributed by atoms with Crippen LogP contribution in [0.3, 0.4) is 0 Å². The highest BCUT2D eigenvalue weighted by Gasteiger charge is 2.16. The third-order valence-electron chi connectivity index (χ3n) is 2.56. The molecule has 1 aromatic carbocycles. The van der Waals surface area contributed by atoms with E-state index < -0.39 is 6.10 Å². The minimum absolute atomic E-state index is 0.302. The first-order valence-electron chi connectivity index (χ1n) is 5.08. The molecule has 0 amide bonds. The molecule has 84 valence electrons. The highest BCUT2D eigenvalue weighted by molar-refractivity contribution is 5.32. The highest BCUT2D eigenvalue weighted by Crippen LogP contribution is 2.26. The topological polar surface area (TPSA) is 33.4 Å². The van der Waals surface area contributed by atoms with Crippen molar-refractivity contribution in [2.75, 3.05) is 0 Å². The highest BCUT2D eigenvalue weighted by atomic mass is 19.1. The lowest BCUT2D eigenvalue weighted by Crippen LogP contribution is -2.01. The molecule has 0 fully saturated rings. The number of benzene rings is 1. The molecule has 0 aliphatic heterocycles. The Bertz CT molecular complexity index is 502. The molecule has 0 saturated carbocycles. The van der Waals surface area contributed by atoms with Gasteiger partial charge in [0.1, 0.15) is 23.4 Å². The molecule has 2 aromatic rings. The molecule has 0 aliphatic carbocycles. The van der Waals surface area contributed by atoms with Gasteiger partial charge in [0, 0.05) is 0 Å². The van der Waals surface area contributed by atoms with Crippen molar-refractivity contribution in [3.8, 4) is 0 Å². The van der Waals surface area contributed by atoms with E-state index in [-0.39, 0.29) is 5.82 Å². The van der Waals surface area contributed by atoms with Crippen LogP contribution >= 0.6 is 0 Å². The van der Waals surface area contributed by atoms with Crippen molar-refractivity contribution in [1.82, 2.24) is 0 Å². The lowest BCUT2D eigenvalue weighted by Gasteiger charge is -2.11. The van der Waals surface area contributed by atoms with Crippen LogP contribution in [-0.2, 0) is 0 Å². The van der Waals surface area contributed by atoms with Crippen molar-refractivity contribution in [2.24, 2.45) is 0 Å². The van der Waals surface area contributed by atoms with E-state index in [4.69, 9.17) is 4.42 Å². The van der Waals surface area contributed by atoms with Gasteiger partial charge in [-0.25, -0.2) is 4.39 Å². The molecule has 0 aliphatic rings. The minimum Gasteiger partial charge on any atom is -0.463 e. The number of aliphatic hydroxyl groups is 1. The third kappa shape index (κ3) is 1.99. The van der Waals surface area contributed by atoms with Crippen molar-refractivity contribution in [3.05, 3.63) is 58.8 Å². The van der Waals surface area contributed by atoms with Gasteiger partial charge in [0.15, 0.2) is 0 Å². The van der Waals surface area contributed by atoms with E-state index in [1.54, 1.807) is 25.1 Å². The fourth-order valence-electron chi connectivity index (χ4n) is 1.70. The lowest BCUT2D eigenvalue weighted by molar-refractivity contribution is 0.187. The van der Waals surface area contributed by atoms with Gasteiger partial charge in [0.05, 0.1) is 0 Å². The largest absolute Gasteiger partial charge is 0.463 e. The van der Waals surface area contributed by atoms with Gasteiger partial charge in [0.2, 0.25) is 0 Å². The number of hydrogen-bond acceptors (Lipinski definition) is 2. The smallest absolute Gasteiger partial charge is 0.137 e. The predicted molar refractivity (Wildman–Crippen MR) is 58.6 cm³/mol. The SMILES string of the molecule is Cc1ccc([C@H](O)c2ccc(F)cc2C)o1. The average Bonchev–Trinajstić information content (AvgIpc) is 2.64. The summed E-state index contributed by atoms with van der Waals surface area (Å²) in [6.45, 7) is 3.57. The second-order valence-corrected chi connectivity index (χ2v) is 3.85. The molecule has 2 rings (SSSR count). The van der Waals surface area contributed by atoms with E-state index in [0.717, 1.165) is 5.76 Å². The Kier molecular flexibility index (Phi) is 2.79. The Morgan fingerprint density at radius 3 is 2.50 bits per heavy atom. The van der Waals surface area contributed by atoms with Gasteiger partial charge in [-0.3, -0.25) is 0 Å². The van der Waals surface area contributed by atoms with Crippen molar-refractivity contribution in [3.63, 3.8) is 0 Å². The van der Waals surface area contributed by atoms with Crippen molar-refractivity contribution < 1.29 is 13.9 Å². The molecular formula is C13H13FO2. The fraction of sp³-hybridized carbons (Fsp3) is 0.231. The molecule has 0 saturated heterocycles. The molecule has 2 nitrogen and oxygen atoms in total. The summed E-state index contributed by atoms with van der Waals surface area (Å²) in [5.41, 5.74) is 1.37. The van der Waals surface area contributed by atoms with Crippen LogP contribution in [0.25, 0.3) is 0 Å². The van der Waals surface area contributed by atoms with Crippen LogP contribution in [0.1, 0.15) is 28.8 Å². The molecule has 1 aromatic heterocycles. The van der Waals surface area contributed by atoms with Gasteiger partial charge in [0.25, 0.3) is 0 Å². The van der Waals surface area contributed by atoms with E-state index >= 15 is 0 Å². The molecule has 1 atom stereocenters. The molecule has 16 heavy (non-hydrogen) atoms. The van der Waals surface area contributed by atoms with Crippen LogP contribution in [-0.4, -0.2) is 5.11 Å². The zero-order valence-electron chi connectivity index (χ0n) is 9.20. The summed E-state index contributed by atoms with van der Waals surface area (Å²) >= 11 is 0. The summed E-state index contributed by atoms with van der Waals surface area (Å²) in [7, 11) is 0. The van der Waals surface area contributed by atoms with Crippen LogP contribution in [0, 0.1) is 19.7 Å². The van der Waals surface area contributed by atoms with Gasteiger partial charge < -0.3 is 9.52 Å². The Morgan fingerprint density at radius 2 is 1.94 bits per heavy atom. The number of aryl methyl sites for hydroxylation is 2. The molecule has 1 heterocycles. The van der Waals surface area contributed by atoms with E-state index in [1.165, 1.54) is 12.1 Å². The van der Waals surface area contributed by atoms with E-state index in [1.807, 2.05) is 6.92 Å². The quantitative estimate of drug-likeness (QED) is 0.843. The van der Waals surface area contributed by atoms with Crippen molar-refractivity contribution >= 4 is 0 Å². The number of furan rings is 1. The zero-order chi connectivity index (χ0) is 11.7. The van der Waals surface area contributed by atoms with Gasteiger partial charge >= 0.3 is 0 Å². The summed E-state index contributed by atoms with van der Waals surface area (Å²) < 4.78 is 18.3. The van der Waals surface area contributed by atoms with Crippen LogP contribution in [0.15, 0.2) is 34.7 Å². The molecule has 1 N–H and O–H groups in total. The summed E-state index contributed by atoms with van der Waals surface area (Å²) in [4.78, 5) is 0. The monoisotopic (exact) mass is 220 g/mol. The van der Waals surface area contributed by atoms with Gasteiger partial charge in [-0.1, -0.05) is 6.07 Å². The first kappa shape index (κ1) is 10.9. The van der Waals surface area contributed by atoms with Crippen molar-refractivity contribution in [1.29, 1.82) is 0 Å². The van der Waals surface area contributed by atoms with E-state index in [0.29, 0.717) is 16.9 Å². The van der Waals surface area contributed by atoms with Crippen LogP contribution in [0.5, 0.6) is 0 Å².